The zero-order valence-electron chi connectivity index (χ0n) is 18.5. The maximum absolute atomic E-state index is 12.9. The van der Waals surface area contributed by atoms with Crippen LogP contribution in [0.5, 0.6) is 0 Å². The summed E-state index contributed by atoms with van der Waals surface area (Å²) in [6.07, 6.45) is 2.46. The number of nitrogens with one attached hydrogen (secondary N) is 1. The number of benzene rings is 2. The topological polar surface area (TPSA) is 45.2 Å². The van der Waals surface area contributed by atoms with Crippen LogP contribution >= 0.6 is 46.4 Å². The van der Waals surface area contributed by atoms with Crippen molar-refractivity contribution in [1.82, 2.24) is 15.2 Å². The van der Waals surface area contributed by atoms with Gasteiger partial charge in [0.1, 0.15) is 10.3 Å². The van der Waals surface area contributed by atoms with Crippen LogP contribution in [0.1, 0.15) is 34.3 Å². The van der Waals surface area contributed by atoms with Crippen molar-refractivity contribution in [3.05, 3.63) is 98.7 Å². The zero-order chi connectivity index (χ0) is 24.1. The Balaban J connectivity index is 1.45. The van der Waals surface area contributed by atoms with Crippen LogP contribution in [0, 0.1) is 0 Å². The predicted molar refractivity (Wildman–Crippen MR) is 140 cm³/mol. The SMILES string of the molecule is O=C(NCC1(c2ccccc2)CCN(C(Cl)Cc2cccc(Cl)c2)CC1)c1cc(Cl)nc(Cl)c1. The molecule has 1 amide bonds. The number of aromatic nitrogens is 1. The summed E-state index contributed by atoms with van der Waals surface area (Å²) >= 11 is 24.9. The molecule has 4 rings (SSSR count). The van der Waals surface area contributed by atoms with Crippen LogP contribution < -0.4 is 5.32 Å². The van der Waals surface area contributed by atoms with Crippen molar-refractivity contribution in [2.75, 3.05) is 19.6 Å². The summed E-state index contributed by atoms with van der Waals surface area (Å²) in [5, 5.41) is 4.20. The number of pyridine rings is 1. The van der Waals surface area contributed by atoms with Crippen LogP contribution in [0.4, 0.5) is 0 Å². The van der Waals surface area contributed by atoms with Gasteiger partial charge in [-0.05, 0) is 48.2 Å². The summed E-state index contributed by atoms with van der Waals surface area (Å²) in [7, 11) is 0. The number of carbonyl (C=O) groups excluding carboxylic acids is 1. The average molecular weight is 537 g/mol. The summed E-state index contributed by atoms with van der Waals surface area (Å²) in [4.78, 5) is 19.1. The third-order valence-electron chi connectivity index (χ3n) is 6.44. The first kappa shape index (κ1) is 25.3. The van der Waals surface area contributed by atoms with E-state index in [-0.39, 0.29) is 27.1 Å². The first-order valence-corrected chi connectivity index (χ1v) is 12.7. The predicted octanol–water partition coefficient (Wildman–Crippen LogP) is 6.61. The van der Waals surface area contributed by atoms with Crippen molar-refractivity contribution in [3.63, 3.8) is 0 Å². The van der Waals surface area contributed by atoms with Crippen molar-refractivity contribution >= 4 is 52.3 Å². The molecule has 2 aromatic carbocycles. The lowest BCUT2D eigenvalue weighted by molar-refractivity contribution is 0.0916. The largest absolute Gasteiger partial charge is 0.351 e. The van der Waals surface area contributed by atoms with Gasteiger partial charge >= 0.3 is 0 Å². The normalized spacial score (nSPS) is 16.7. The van der Waals surface area contributed by atoms with Gasteiger partial charge < -0.3 is 5.32 Å². The summed E-state index contributed by atoms with van der Waals surface area (Å²) in [5.41, 5.74) is 2.41. The van der Waals surface area contributed by atoms with E-state index in [0.717, 1.165) is 42.9 Å². The smallest absolute Gasteiger partial charge is 0.251 e. The lowest BCUT2D eigenvalue weighted by Crippen LogP contribution is -2.50. The molecule has 34 heavy (non-hydrogen) atoms. The van der Waals surface area contributed by atoms with E-state index in [1.54, 1.807) is 0 Å². The molecule has 2 heterocycles. The number of alkyl halides is 1. The van der Waals surface area contributed by atoms with Gasteiger partial charge in [0.25, 0.3) is 5.91 Å². The Morgan fingerprint density at radius 3 is 2.29 bits per heavy atom. The second-order valence-electron chi connectivity index (χ2n) is 8.63. The summed E-state index contributed by atoms with van der Waals surface area (Å²) < 4.78 is 0. The Bertz CT molecular complexity index is 1110. The second kappa shape index (κ2) is 11.3. The van der Waals surface area contributed by atoms with Gasteiger partial charge in [0.2, 0.25) is 0 Å². The highest BCUT2D eigenvalue weighted by Crippen LogP contribution is 2.36. The number of hydrogen-bond donors (Lipinski definition) is 1. The van der Waals surface area contributed by atoms with E-state index < -0.39 is 0 Å². The van der Waals surface area contributed by atoms with Crippen LogP contribution in [-0.2, 0) is 11.8 Å². The van der Waals surface area contributed by atoms with Gasteiger partial charge in [0.15, 0.2) is 0 Å². The maximum Gasteiger partial charge on any atom is 0.251 e. The molecular formula is C26H25Cl4N3O. The van der Waals surface area contributed by atoms with Gasteiger partial charge in [-0.25, -0.2) is 4.98 Å². The van der Waals surface area contributed by atoms with Crippen LogP contribution in [0.2, 0.25) is 15.3 Å². The maximum atomic E-state index is 12.9. The molecule has 1 aromatic heterocycles. The highest BCUT2D eigenvalue weighted by atomic mass is 35.5. The van der Waals surface area contributed by atoms with E-state index in [2.05, 4.69) is 27.3 Å². The second-order valence-corrected chi connectivity index (χ2v) is 10.3. The Morgan fingerprint density at radius 2 is 1.65 bits per heavy atom. The molecule has 0 spiro atoms. The Morgan fingerprint density at radius 1 is 0.971 bits per heavy atom. The van der Waals surface area contributed by atoms with Crippen molar-refractivity contribution in [1.29, 1.82) is 0 Å². The molecule has 0 saturated carbocycles. The minimum atomic E-state index is -0.222. The molecule has 1 aliphatic heterocycles. The van der Waals surface area contributed by atoms with Gasteiger partial charge in [-0.2, -0.15) is 0 Å². The average Bonchev–Trinajstić information content (AvgIpc) is 2.83. The molecule has 0 aliphatic carbocycles. The third kappa shape index (κ3) is 6.24. The van der Waals surface area contributed by atoms with Gasteiger partial charge in [0.05, 0.1) is 5.50 Å². The fourth-order valence-electron chi connectivity index (χ4n) is 4.53. The van der Waals surface area contributed by atoms with E-state index in [9.17, 15) is 4.79 Å². The molecule has 1 fully saturated rings. The number of rotatable bonds is 7. The number of halogens is 4. The number of nitrogens with zero attached hydrogens (tertiary/aromatic N) is 2. The van der Waals surface area contributed by atoms with Crippen molar-refractivity contribution in [2.24, 2.45) is 0 Å². The minimum Gasteiger partial charge on any atom is -0.351 e. The molecule has 178 valence electrons. The number of carbonyl (C=O) groups is 1. The Hall–Kier alpha value is -1.82. The molecule has 4 nitrogen and oxygen atoms in total. The molecule has 8 heteroatoms. The summed E-state index contributed by atoms with van der Waals surface area (Å²) in [6, 6.07) is 21.2. The highest BCUT2D eigenvalue weighted by molar-refractivity contribution is 6.33. The van der Waals surface area contributed by atoms with Gasteiger partial charge in [0, 0.05) is 42.1 Å². The standard InChI is InChI=1S/C26H25Cl4N3O/c27-21-8-4-5-18(13-21)14-24(30)33-11-9-26(10-12-33,20-6-2-1-3-7-20)17-31-25(34)19-15-22(28)32-23(29)16-19/h1-8,13,15-16,24H,9-12,14,17H2,(H,31,34). The molecule has 3 aromatic rings. The van der Waals surface area contributed by atoms with E-state index in [1.165, 1.54) is 17.7 Å². The zero-order valence-corrected chi connectivity index (χ0v) is 21.5. The van der Waals surface area contributed by atoms with Crippen molar-refractivity contribution in [2.45, 2.75) is 30.2 Å². The molecule has 1 saturated heterocycles. The van der Waals surface area contributed by atoms with Crippen LogP contribution in [0.25, 0.3) is 0 Å². The van der Waals surface area contributed by atoms with Crippen molar-refractivity contribution in [3.8, 4) is 0 Å². The summed E-state index contributed by atoms with van der Waals surface area (Å²) in [5.74, 6) is -0.222. The fourth-order valence-corrected chi connectivity index (χ4v) is 5.57. The number of hydrogen-bond acceptors (Lipinski definition) is 3. The molecule has 1 aliphatic rings. The number of piperidine rings is 1. The van der Waals surface area contributed by atoms with E-state index in [1.807, 2.05) is 42.5 Å². The highest BCUT2D eigenvalue weighted by Gasteiger charge is 2.38. The molecule has 1 atom stereocenters. The Kier molecular flexibility index (Phi) is 8.39. The van der Waals surface area contributed by atoms with Gasteiger partial charge in [-0.15, -0.1) is 11.6 Å². The van der Waals surface area contributed by atoms with Crippen LogP contribution in [0.3, 0.4) is 0 Å². The monoisotopic (exact) mass is 535 g/mol. The van der Waals surface area contributed by atoms with Gasteiger partial charge in [-0.1, -0.05) is 77.3 Å². The third-order valence-corrected chi connectivity index (χ3v) is 7.50. The lowest BCUT2D eigenvalue weighted by Gasteiger charge is -2.44. The molecule has 0 radical (unpaired) electrons. The van der Waals surface area contributed by atoms with Crippen LogP contribution in [0.15, 0.2) is 66.7 Å². The van der Waals surface area contributed by atoms with Gasteiger partial charge in [-0.3, -0.25) is 9.69 Å². The first-order chi connectivity index (χ1) is 16.3. The van der Waals surface area contributed by atoms with E-state index in [0.29, 0.717) is 12.1 Å². The van der Waals surface area contributed by atoms with Crippen LogP contribution in [-0.4, -0.2) is 40.9 Å². The number of likely N-dealkylation sites (tertiary alicyclic amines) is 1. The first-order valence-electron chi connectivity index (χ1n) is 11.1. The quantitative estimate of drug-likeness (QED) is 0.210. The summed E-state index contributed by atoms with van der Waals surface area (Å²) in [6.45, 7) is 2.15. The van der Waals surface area contributed by atoms with E-state index >= 15 is 0 Å². The molecule has 1 N–H and O–H groups in total. The fraction of sp³-hybridized carbons (Fsp3) is 0.308. The minimum absolute atomic E-state index is 0.122. The molecule has 1 unspecified atom stereocenters. The number of amides is 1. The molecule has 0 bridgehead atoms. The van der Waals surface area contributed by atoms with E-state index in [4.69, 9.17) is 46.4 Å². The lowest BCUT2D eigenvalue weighted by atomic mass is 9.72. The van der Waals surface area contributed by atoms with Crippen molar-refractivity contribution < 1.29 is 4.79 Å². The molecular weight excluding hydrogens is 512 g/mol. The Labute approximate surface area is 220 Å².